The molecule has 0 aromatic heterocycles. The highest BCUT2D eigenvalue weighted by molar-refractivity contribution is 6.34. The van der Waals surface area contributed by atoms with Crippen LogP contribution in [0.15, 0.2) is 12.1 Å². The van der Waals surface area contributed by atoms with Gasteiger partial charge in [0, 0.05) is 6.07 Å². The topological polar surface area (TPSA) is 69.4 Å². The molecule has 1 rings (SSSR count). The highest BCUT2D eigenvalue weighted by Crippen LogP contribution is 2.33. The SMILES string of the molecule is CC(=O)c1c(Cl)cc([N+](=O)[O-])cc1OC(F)F. The second-order valence-corrected chi connectivity index (χ2v) is 3.40. The van der Waals surface area contributed by atoms with Crippen molar-refractivity contribution in [2.45, 2.75) is 13.5 Å². The molecule has 0 bridgehead atoms. The van der Waals surface area contributed by atoms with E-state index in [0.717, 1.165) is 19.1 Å². The molecule has 0 aliphatic heterocycles. The van der Waals surface area contributed by atoms with Crippen molar-refractivity contribution >= 4 is 23.1 Å². The van der Waals surface area contributed by atoms with E-state index in [2.05, 4.69) is 4.74 Å². The third-order valence-electron chi connectivity index (χ3n) is 1.82. The molecule has 0 saturated carbocycles. The number of halogens is 3. The Balaban J connectivity index is 3.39. The molecule has 17 heavy (non-hydrogen) atoms. The van der Waals surface area contributed by atoms with Gasteiger partial charge in [0.2, 0.25) is 0 Å². The highest BCUT2D eigenvalue weighted by atomic mass is 35.5. The molecule has 0 aliphatic carbocycles. The molecule has 0 fully saturated rings. The second kappa shape index (κ2) is 5.05. The van der Waals surface area contributed by atoms with Crippen molar-refractivity contribution in [3.8, 4) is 5.75 Å². The zero-order chi connectivity index (χ0) is 13.2. The maximum atomic E-state index is 12.1. The van der Waals surface area contributed by atoms with Crippen molar-refractivity contribution in [2.75, 3.05) is 0 Å². The number of non-ortho nitro benzene ring substituents is 1. The van der Waals surface area contributed by atoms with Crippen molar-refractivity contribution in [1.29, 1.82) is 0 Å². The maximum Gasteiger partial charge on any atom is 0.387 e. The third-order valence-corrected chi connectivity index (χ3v) is 2.12. The summed E-state index contributed by atoms with van der Waals surface area (Å²) in [5.41, 5.74) is -0.840. The summed E-state index contributed by atoms with van der Waals surface area (Å²) < 4.78 is 28.2. The summed E-state index contributed by atoms with van der Waals surface area (Å²) in [7, 11) is 0. The molecular weight excluding hydrogens is 260 g/mol. The Hall–Kier alpha value is -1.76. The molecule has 0 radical (unpaired) electrons. The van der Waals surface area contributed by atoms with Crippen LogP contribution in [0.1, 0.15) is 17.3 Å². The summed E-state index contributed by atoms with van der Waals surface area (Å²) in [5.74, 6) is -1.23. The second-order valence-electron chi connectivity index (χ2n) is 2.99. The van der Waals surface area contributed by atoms with E-state index in [9.17, 15) is 23.7 Å². The average molecular weight is 266 g/mol. The van der Waals surface area contributed by atoms with Gasteiger partial charge in [-0.05, 0) is 6.92 Å². The van der Waals surface area contributed by atoms with Gasteiger partial charge in [0.15, 0.2) is 5.78 Å². The first-order valence-corrected chi connectivity index (χ1v) is 4.64. The molecule has 0 atom stereocenters. The van der Waals surface area contributed by atoms with Gasteiger partial charge in [-0.15, -0.1) is 0 Å². The number of carbonyl (C=O) groups is 1. The van der Waals surface area contributed by atoms with Gasteiger partial charge in [0.05, 0.1) is 21.6 Å². The number of nitro benzene ring substituents is 1. The molecular formula is C9H6ClF2NO4. The largest absolute Gasteiger partial charge is 0.434 e. The fourth-order valence-electron chi connectivity index (χ4n) is 1.20. The fraction of sp³-hybridized carbons (Fsp3) is 0.222. The standard InChI is InChI=1S/C9H6ClF2NO4/c1-4(14)8-6(10)2-5(13(15)16)3-7(8)17-9(11)12/h2-3,9H,1H3. The number of rotatable bonds is 4. The Morgan fingerprint density at radius 2 is 2.12 bits per heavy atom. The van der Waals surface area contributed by atoms with Crippen molar-refractivity contribution in [3.63, 3.8) is 0 Å². The van der Waals surface area contributed by atoms with E-state index in [1.165, 1.54) is 0 Å². The van der Waals surface area contributed by atoms with Crippen molar-refractivity contribution in [2.24, 2.45) is 0 Å². The summed E-state index contributed by atoms with van der Waals surface area (Å²) in [6.45, 7) is -2.11. The van der Waals surface area contributed by atoms with Gasteiger partial charge in [-0.25, -0.2) is 0 Å². The van der Waals surface area contributed by atoms with Crippen LogP contribution in [0.3, 0.4) is 0 Å². The van der Waals surface area contributed by atoms with Gasteiger partial charge in [0.1, 0.15) is 5.75 Å². The van der Waals surface area contributed by atoms with Crippen molar-refractivity contribution < 1.29 is 23.2 Å². The van der Waals surface area contributed by atoms with Crippen LogP contribution in [0.5, 0.6) is 5.75 Å². The predicted octanol–water partition coefficient (Wildman–Crippen LogP) is 3.05. The maximum absolute atomic E-state index is 12.1. The summed E-state index contributed by atoms with van der Waals surface area (Å²) >= 11 is 5.61. The highest BCUT2D eigenvalue weighted by Gasteiger charge is 2.21. The molecule has 1 aromatic carbocycles. The first-order valence-electron chi connectivity index (χ1n) is 4.26. The lowest BCUT2D eigenvalue weighted by molar-refractivity contribution is -0.385. The molecule has 0 N–H and O–H groups in total. The first kappa shape index (κ1) is 13.3. The number of alkyl halides is 2. The van der Waals surface area contributed by atoms with Gasteiger partial charge < -0.3 is 4.74 Å². The fourth-order valence-corrected chi connectivity index (χ4v) is 1.54. The number of carbonyl (C=O) groups excluding carboxylic acids is 1. The third kappa shape index (κ3) is 3.10. The molecule has 0 heterocycles. The molecule has 0 amide bonds. The van der Waals surface area contributed by atoms with E-state index in [4.69, 9.17) is 11.6 Å². The minimum Gasteiger partial charge on any atom is -0.434 e. The quantitative estimate of drug-likeness (QED) is 0.477. The average Bonchev–Trinajstić information content (AvgIpc) is 2.14. The zero-order valence-electron chi connectivity index (χ0n) is 8.45. The van der Waals surface area contributed by atoms with E-state index in [0.29, 0.717) is 0 Å². The van der Waals surface area contributed by atoms with Crippen LogP contribution in [0, 0.1) is 10.1 Å². The molecule has 1 aromatic rings. The molecule has 0 spiro atoms. The van der Waals surface area contributed by atoms with Crippen LogP contribution in [0.2, 0.25) is 5.02 Å². The smallest absolute Gasteiger partial charge is 0.387 e. The van der Waals surface area contributed by atoms with Gasteiger partial charge in [0.25, 0.3) is 5.69 Å². The summed E-state index contributed by atoms with van der Waals surface area (Å²) in [4.78, 5) is 20.8. The molecule has 0 aliphatic rings. The molecule has 5 nitrogen and oxygen atoms in total. The number of benzene rings is 1. The van der Waals surface area contributed by atoms with E-state index >= 15 is 0 Å². The van der Waals surface area contributed by atoms with Crippen LogP contribution in [-0.4, -0.2) is 17.3 Å². The van der Waals surface area contributed by atoms with Crippen molar-refractivity contribution in [1.82, 2.24) is 0 Å². The molecule has 0 unspecified atom stereocenters. The number of nitrogens with zero attached hydrogens (tertiary/aromatic N) is 1. The summed E-state index contributed by atoms with van der Waals surface area (Å²) in [5, 5.41) is 10.2. The molecule has 8 heteroatoms. The Labute approximate surface area is 99.1 Å². The van der Waals surface area contributed by atoms with E-state index in [-0.39, 0.29) is 10.6 Å². The van der Waals surface area contributed by atoms with Crippen LogP contribution in [0.4, 0.5) is 14.5 Å². The van der Waals surface area contributed by atoms with E-state index < -0.39 is 28.8 Å². The lowest BCUT2D eigenvalue weighted by atomic mass is 10.1. The van der Waals surface area contributed by atoms with Gasteiger partial charge >= 0.3 is 6.61 Å². The van der Waals surface area contributed by atoms with Gasteiger partial charge in [-0.1, -0.05) is 11.6 Å². The number of hydrogen-bond donors (Lipinski definition) is 0. The Morgan fingerprint density at radius 1 is 1.53 bits per heavy atom. The minimum atomic E-state index is -3.20. The summed E-state index contributed by atoms with van der Waals surface area (Å²) in [6.07, 6.45) is 0. The lowest BCUT2D eigenvalue weighted by Crippen LogP contribution is -2.07. The van der Waals surface area contributed by atoms with Crippen LogP contribution < -0.4 is 4.74 Å². The van der Waals surface area contributed by atoms with Crippen LogP contribution >= 0.6 is 11.6 Å². The Kier molecular flexibility index (Phi) is 3.95. The number of ketones is 1. The summed E-state index contributed by atoms with van der Waals surface area (Å²) in [6, 6.07) is 1.63. The van der Waals surface area contributed by atoms with Crippen LogP contribution in [-0.2, 0) is 0 Å². The van der Waals surface area contributed by atoms with Gasteiger partial charge in [-0.2, -0.15) is 8.78 Å². The molecule has 92 valence electrons. The Bertz CT molecular complexity index is 478. The number of hydrogen-bond acceptors (Lipinski definition) is 4. The number of Topliss-reactive ketones (excluding diaryl/α,β-unsaturated/α-hetero) is 1. The molecule has 0 saturated heterocycles. The van der Waals surface area contributed by atoms with Gasteiger partial charge in [-0.3, -0.25) is 14.9 Å². The van der Waals surface area contributed by atoms with Crippen molar-refractivity contribution in [3.05, 3.63) is 32.8 Å². The normalized spacial score (nSPS) is 10.4. The number of nitro groups is 1. The Morgan fingerprint density at radius 3 is 2.53 bits per heavy atom. The lowest BCUT2D eigenvalue weighted by Gasteiger charge is -2.09. The van der Waals surface area contributed by atoms with E-state index in [1.807, 2.05) is 0 Å². The first-order chi connectivity index (χ1) is 7.82. The zero-order valence-corrected chi connectivity index (χ0v) is 9.20. The monoisotopic (exact) mass is 265 g/mol. The van der Waals surface area contributed by atoms with E-state index in [1.54, 1.807) is 0 Å². The van der Waals surface area contributed by atoms with Crippen LogP contribution in [0.25, 0.3) is 0 Å². The number of ether oxygens (including phenoxy) is 1. The minimum absolute atomic E-state index is 0.303. The predicted molar refractivity (Wildman–Crippen MR) is 54.7 cm³/mol.